The van der Waals surface area contributed by atoms with Crippen molar-refractivity contribution < 1.29 is 73.5 Å². The molecule has 0 aliphatic rings. The first-order valence-electron chi connectivity index (χ1n) is 5.54. The Morgan fingerprint density at radius 2 is 1.72 bits per heavy atom. The SMILES string of the molecule is CCC(CC)Oc1ccc(F)cc1[B-](F)(F)F.[K+]. The fourth-order valence-corrected chi connectivity index (χ4v) is 1.52. The quantitative estimate of drug-likeness (QED) is 0.565. The molecule has 0 spiro atoms. The molecule has 0 fully saturated rings. The maximum absolute atomic E-state index is 12.8. The van der Waals surface area contributed by atoms with Crippen LogP contribution in [-0.4, -0.2) is 13.1 Å². The van der Waals surface area contributed by atoms with Crippen molar-refractivity contribution in [2.24, 2.45) is 0 Å². The number of halogens is 4. The van der Waals surface area contributed by atoms with Gasteiger partial charge in [-0.25, -0.2) is 4.39 Å². The van der Waals surface area contributed by atoms with Crippen LogP contribution in [0.1, 0.15) is 26.7 Å². The minimum atomic E-state index is -5.26. The van der Waals surface area contributed by atoms with Gasteiger partial charge in [-0.1, -0.05) is 19.3 Å². The molecule has 0 aliphatic carbocycles. The molecule has 0 aliphatic heterocycles. The summed E-state index contributed by atoms with van der Waals surface area (Å²) in [6.45, 7) is -1.61. The van der Waals surface area contributed by atoms with Gasteiger partial charge in [0.15, 0.2) is 0 Å². The molecule has 0 saturated heterocycles. The van der Waals surface area contributed by atoms with Crippen molar-refractivity contribution in [2.75, 3.05) is 0 Å². The van der Waals surface area contributed by atoms with E-state index < -0.39 is 18.3 Å². The molecular weight excluding hydrogens is 274 g/mol. The van der Waals surface area contributed by atoms with Gasteiger partial charge in [0.25, 0.3) is 0 Å². The van der Waals surface area contributed by atoms with Gasteiger partial charge in [0.05, 0.1) is 11.9 Å². The standard InChI is InChI=1S/C11H14BF4O.K/c1-3-9(4-2)17-11-6-5-8(13)7-10(11)12(14,15)16;/h5-7,9H,3-4H2,1-2H3;/q-1;+1. The van der Waals surface area contributed by atoms with Crippen molar-refractivity contribution >= 4 is 12.4 Å². The van der Waals surface area contributed by atoms with Crippen LogP contribution in [-0.2, 0) is 0 Å². The van der Waals surface area contributed by atoms with E-state index in [1.807, 2.05) is 13.8 Å². The molecule has 7 heteroatoms. The molecule has 0 unspecified atom stereocenters. The molecular formula is C11H14BF4KO. The Morgan fingerprint density at radius 3 is 2.17 bits per heavy atom. The van der Waals surface area contributed by atoms with E-state index in [4.69, 9.17) is 4.74 Å². The normalized spacial score (nSPS) is 11.3. The minimum absolute atomic E-state index is 0. The van der Waals surface area contributed by atoms with Crippen molar-refractivity contribution in [3.63, 3.8) is 0 Å². The topological polar surface area (TPSA) is 9.23 Å². The van der Waals surface area contributed by atoms with Crippen LogP contribution in [0.15, 0.2) is 18.2 Å². The number of benzene rings is 1. The van der Waals surface area contributed by atoms with E-state index in [1.54, 1.807) is 0 Å². The van der Waals surface area contributed by atoms with E-state index in [1.165, 1.54) is 0 Å². The molecule has 0 saturated carbocycles. The summed E-state index contributed by atoms with van der Waals surface area (Å²) in [6, 6.07) is 2.50. The van der Waals surface area contributed by atoms with Crippen molar-refractivity contribution in [1.29, 1.82) is 0 Å². The van der Waals surface area contributed by atoms with Gasteiger partial charge < -0.3 is 17.7 Å². The summed E-state index contributed by atoms with van der Waals surface area (Å²) in [5, 5.41) is 0. The molecule has 0 heterocycles. The van der Waals surface area contributed by atoms with Crippen LogP contribution in [0.3, 0.4) is 0 Å². The van der Waals surface area contributed by atoms with E-state index >= 15 is 0 Å². The molecule has 0 radical (unpaired) electrons. The predicted molar refractivity (Wildman–Crippen MR) is 60.1 cm³/mol. The predicted octanol–water partition coefficient (Wildman–Crippen LogP) is 0.451. The molecule has 0 bridgehead atoms. The van der Waals surface area contributed by atoms with Gasteiger partial charge in [0.1, 0.15) is 5.82 Å². The van der Waals surface area contributed by atoms with E-state index in [0.717, 1.165) is 12.1 Å². The van der Waals surface area contributed by atoms with E-state index in [9.17, 15) is 17.3 Å². The first-order valence-corrected chi connectivity index (χ1v) is 5.54. The van der Waals surface area contributed by atoms with Crippen LogP contribution in [0.2, 0.25) is 0 Å². The molecule has 18 heavy (non-hydrogen) atoms. The van der Waals surface area contributed by atoms with Crippen molar-refractivity contribution in [2.45, 2.75) is 32.8 Å². The Morgan fingerprint density at radius 1 is 1.17 bits per heavy atom. The summed E-state index contributed by atoms with van der Waals surface area (Å²) >= 11 is 0. The van der Waals surface area contributed by atoms with Crippen LogP contribution in [0, 0.1) is 5.82 Å². The molecule has 0 N–H and O–H groups in total. The van der Waals surface area contributed by atoms with Gasteiger partial charge >= 0.3 is 58.4 Å². The monoisotopic (exact) mass is 288 g/mol. The zero-order chi connectivity index (χ0) is 13.1. The van der Waals surface area contributed by atoms with Crippen LogP contribution in [0.5, 0.6) is 5.75 Å². The average Bonchev–Trinajstić information content (AvgIpc) is 2.26. The molecule has 1 aromatic rings. The van der Waals surface area contributed by atoms with Crippen molar-refractivity contribution in [1.82, 2.24) is 0 Å². The molecule has 0 aromatic heterocycles. The summed E-state index contributed by atoms with van der Waals surface area (Å²) in [6.07, 6.45) is 0.938. The molecule has 0 atom stereocenters. The largest absolute Gasteiger partial charge is 1.00 e. The van der Waals surface area contributed by atoms with Crippen LogP contribution in [0.25, 0.3) is 0 Å². The van der Waals surface area contributed by atoms with Gasteiger partial charge in [-0.3, -0.25) is 0 Å². The smallest absolute Gasteiger partial charge is 0.493 e. The van der Waals surface area contributed by atoms with Gasteiger partial charge in [-0.05, 0) is 31.0 Å². The summed E-state index contributed by atoms with van der Waals surface area (Å²) in [7, 11) is 0. The fraction of sp³-hybridized carbons (Fsp3) is 0.455. The summed E-state index contributed by atoms with van der Waals surface area (Å²) < 4.78 is 56.2. The Hall–Kier alpha value is 0.441. The number of hydrogen-bond acceptors (Lipinski definition) is 1. The number of ether oxygens (including phenoxy) is 1. The van der Waals surface area contributed by atoms with E-state index in [0.29, 0.717) is 18.9 Å². The number of rotatable bonds is 5. The van der Waals surface area contributed by atoms with Gasteiger partial charge in [-0.2, -0.15) is 0 Å². The van der Waals surface area contributed by atoms with E-state index in [-0.39, 0.29) is 63.2 Å². The third kappa shape index (κ3) is 5.21. The molecule has 1 rings (SSSR count). The summed E-state index contributed by atoms with van der Waals surface area (Å²) in [5.41, 5.74) is -1.00. The van der Waals surface area contributed by atoms with Crippen LogP contribution >= 0.6 is 0 Å². The Labute approximate surface area is 147 Å². The third-order valence-corrected chi connectivity index (χ3v) is 2.53. The molecule has 1 aromatic carbocycles. The second-order valence-electron chi connectivity index (χ2n) is 3.81. The Balaban J connectivity index is 0.00000289. The van der Waals surface area contributed by atoms with Gasteiger partial charge in [0, 0.05) is 0 Å². The summed E-state index contributed by atoms with van der Waals surface area (Å²) in [5.74, 6) is -1.19. The third-order valence-electron chi connectivity index (χ3n) is 2.53. The molecule has 0 amide bonds. The van der Waals surface area contributed by atoms with E-state index in [2.05, 4.69) is 0 Å². The molecule has 96 valence electrons. The van der Waals surface area contributed by atoms with Crippen molar-refractivity contribution in [3.05, 3.63) is 24.0 Å². The minimum Gasteiger partial charge on any atom is -0.493 e. The average molecular weight is 288 g/mol. The maximum Gasteiger partial charge on any atom is 1.00 e. The maximum atomic E-state index is 12.8. The second kappa shape index (κ2) is 7.89. The summed E-state index contributed by atoms with van der Waals surface area (Å²) in [4.78, 5) is 0. The van der Waals surface area contributed by atoms with Crippen LogP contribution < -0.4 is 61.6 Å². The first-order chi connectivity index (χ1) is 7.88. The van der Waals surface area contributed by atoms with Crippen molar-refractivity contribution in [3.8, 4) is 5.75 Å². The Kier molecular flexibility index (Phi) is 8.09. The molecule has 1 nitrogen and oxygen atoms in total. The second-order valence-corrected chi connectivity index (χ2v) is 3.81. The Bertz CT molecular complexity index is 380. The fourth-order valence-electron chi connectivity index (χ4n) is 1.52. The number of hydrogen-bond donors (Lipinski definition) is 0. The van der Waals surface area contributed by atoms with Gasteiger partial charge in [-0.15, -0.1) is 0 Å². The zero-order valence-electron chi connectivity index (χ0n) is 10.7. The van der Waals surface area contributed by atoms with Crippen LogP contribution in [0.4, 0.5) is 17.3 Å². The zero-order valence-corrected chi connectivity index (χ0v) is 13.8. The van der Waals surface area contributed by atoms with Gasteiger partial charge in [0.2, 0.25) is 0 Å². The first kappa shape index (κ1) is 18.4.